The Balaban J connectivity index is 1.63. The molecule has 172 valence electrons. The summed E-state index contributed by atoms with van der Waals surface area (Å²) in [6.07, 6.45) is 0. The number of esters is 1. The van der Waals surface area contributed by atoms with E-state index >= 15 is 0 Å². The molecule has 34 heavy (non-hydrogen) atoms. The molecule has 0 saturated heterocycles. The number of nitrogens with two attached hydrogens (primary N) is 1. The fourth-order valence-electron chi connectivity index (χ4n) is 3.78. The van der Waals surface area contributed by atoms with Crippen molar-refractivity contribution in [3.8, 4) is 34.8 Å². The van der Waals surface area contributed by atoms with Crippen LogP contribution in [0.1, 0.15) is 17.0 Å². The number of carbonyl (C=O) groups is 1. The Bertz CT molecular complexity index is 1280. The van der Waals surface area contributed by atoms with Crippen LogP contribution in [0.3, 0.4) is 0 Å². The van der Waals surface area contributed by atoms with Gasteiger partial charge in [-0.3, -0.25) is 0 Å². The van der Waals surface area contributed by atoms with E-state index in [9.17, 15) is 10.1 Å². The quantitative estimate of drug-likeness (QED) is 0.419. The Hall–Kier alpha value is -4.64. The van der Waals surface area contributed by atoms with Crippen molar-refractivity contribution in [1.82, 2.24) is 0 Å². The van der Waals surface area contributed by atoms with Crippen molar-refractivity contribution < 1.29 is 28.5 Å². The summed E-state index contributed by atoms with van der Waals surface area (Å²) < 4.78 is 27.5. The molecule has 0 spiro atoms. The minimum atomic E-state index is -0.577. The van der Waals surface area contributed by atoms with Crippen LogP contribution in [0, 0.1) is 11.3 Å². The SMILES string of the molecule is COc1cccc(C2C(C#N)=C(N)Oc3cc(OC(=O)COc4ccccc4)ccc32)c1OC. The number of hydrogen-bond donors (Lipinski definition) is 1. The first-order valence-electron chi connectivity index (χ1n) is 10.4. The van der Waals surface area contributed by atoms with E-state index in [0.717, 1.165) is 0 Å². The lowest BCUT2D eigenvalue weighted by Crippen LogP contribution is -2.22. The lowest BCUT2D eigenvalue weighted by Gasteiger charge is -2.28. The summed E-state index contributed by atoms with van der Waals surface area (Å²) in [5, 5.41) is 9.81. The van der Waals surface area contributed by atoms with E-state index in [2.05, 4.69) is 6.07 Å². The second-order valence-corrected chi connectivity index (χ2v) is 7.28. The summed E-state index contributed by atoms with van der Waals surface area (Å²) in [4.78, 5) is 12.3. The molecule has 3 aromatic carbocycles. The molecule has 0 radical (unpaired) electrons. The standard InChI is InChI=1S/C26H22N2O6/c1-30-21-10-6-9-19(25(21)31-2)24-18-12-11-17(13-22(18)34-26(28)20(24)14-27)33-23(29)15-32-16-7-4-3-5-8-16/h3-13,24H,15,28H2,1-2H3. The van der Waals surface area contributed by atoms with Gasteiger partial charge in [0.15, 0.2) is 18.1 Å². The van der Waals surface area contributed by atoms with Gasteiger partial charge >= 0.3 is 5.97 Å². The topological polar surface area (TPSA) is 113 Å². The van der Waals surface area contributed by atoms with Crippen molar-refractivity contribution in [3.05, 3.63) is 89.3 Å². The van der Waals surface area contributed by atoms with E-state index in [1.807, 2.05) is 24.3 Å². The molecule has 1 atom stereocenters. The lowest BCUT2D eigenvalue weighted by atomic mass is 9.83. The zero-order chi connectivity index (χ0) is 24.1. The smallest absolute Gasteiger partial charge is 0.349 e. The predicted molar refractivity (Wildman–Crippen MR) is 123 cm³/mol. The Morgan fingerprint density at radius 1 is 1.00 bits per heavy atom. The van der Waals surface area contributed by atoms with Crippen LogP contribution in [0.15, 0.2) is 78.2 Å². The van der Waals surface area contributed by atoms with Crippen LogP contribution < -0.4 is 29.4 Å². The Morgan fingerprint density at radius 2 is 1.79 bits per heavy atom. The second kappa shape index (κ2) is 9.88. The van der Waals surface area contributed by atoms with Gasteiger partial charge in [0.25, 0.3) is 0 Å². The second-order valence-electron chi connectivity index (χ2n) is 7.28. The Morgan fingerprint density at radius 3 is 2.50 bits per heavy atom. The molecule has 0 aromatic heterocycles. The highest BCUT2D eigenvalue weighted by atomic mass is 16.6. The van der Waals surface area contributed by atoms with Crippen LogP contribution >= 0.6 is 0 Å². The van der Waals surface area contributed by atoms with E-state index in [1.165, 1.54) is 14.2 Å². The lowest BCUT2D eigenvalue weighted by molar-refractivity contribution is -0.136. The van der Waals surface area contributed by atoms with Crippen molar-refractivity contribution in [1.29, 1.82) is 5.26 Å². The minimum absolute atomic E-state index is 0.0410. The fraction of sp³-hybridized carbons (Fsp3) is 0.154. The number of rotatable bonds is 7. The molecule has 0 saturated carbocycles. The predicted octanol–water partition coefficient (Wildman–Crippen LogP) is 3.91. The van der Waals surface area contributed by atoms with Gasteiger partial charge < -0.3 is 29.4 Å². The van der Waals surface area contributed by atoms with E-state index < -0.39 is 11.9 Å². The molecule has 0 aliphatic carbocycles. The van der Waals surface area contributed by atoms with E-state index in [-0.39, 0.29) is 23.8 Å². The van der Waals surface area contributed by atoms with Gasteiger partial charge in [-0.15, -0.1) is 0 Å². The maximum absolute atomic E-state index is 12.3. The van der Waals surface area contributed by atoms with Gasteiger partial charge in [-0.05, 0) is 24.3 Å². The molecule has 1 aliphatic rings. The molecule has 1 unspecified atom stereocenters. The molecule has 8 heteroatoms. The van der Waals surface area contributed by atoms with Gasteiger partial charge in [-0.1, -0.05) is 36.4 Å². The number of ether oxygens (including phenoxy) is 5. The van der Waals surface area contributed by atoms with Crippen molar-refractivity contribution >= 4 is 5.97 Å². The molecule has 8 nitrogen and oxygen atoms in total. The molecule has 0 amide bonds. The largest absolute Gasteiger partial charge is 0.493 e. The number of nitriles is 1. The highest BCUT2D eigenvalue weighted by molar-refractivity contribution is 5.74. The van der Waals surface area contributed by atoms with E-state index in [4.69, 9.17) is 29.4 Å². The molecule has 4 rings (SSSR count). The summed E-state index contributed by atoms with van der Waals surface area (Å²) in [5.41, 5.74) is 7.68. The Kier molecular flexibility index (Phi) is 6.55. The van der Waals surface area contributed by atoms with Crippen molar-refractivity contribution in [3.63, 3.8) is 0 Å². The highest BCUT2D eigenvalue weighted by Gasteiger charge is 2.33. The average Bonchev–Trinajstić information content (AvgIpc) is 2.86. The fourth-order valence-corrected chi connectivity index (χ4v) is 3.78. The van der Waals surface area contributed by atoms with Crippen molar-refractivity contribution in [2.45, 2.75) is 5.92 Å². The molecule has 1 heterocycles. The molecule has 0 fully saturated rings. The molecule has 0 bridgehead atoms. The van der Waals surface area contributed by atoms with Crippen LogP contribution in [0.2, 0.25) is 0 Å². The first kappa shape index (κ1) is 22.6. The minimum Gasteiger partial charge on any atom is -0.493 e. The van der Waals surface area contributed by atoms with Crippen LogP contribution in [0.4, 0.5) is 0 Å². The number of fused-ring (bicyclic) bond motifs is 1. The number of methoxy groups -OCH3 is 2. The number of nitrogens with zero attached hydrogens (tertiary/aromatic N) is 1. The Labute approximate surface area is 196 Å². The first-order chi connectivity index (χ1) is 16.5. The normalized spacial score (nSPS) is 14.3. The van der Waals surface area contributed by atoms with Gasteiger partial charge in [0, 0.05) is 17.2 Å². The molecule has 2 N–H and O–H groups in total. The van der Waals surface area contributed by atoms with Gasteiger partial charge in [-0.25, -0.2) is 4.79 Å². The zero-order valence-corrected chi connectivity index (χ0v) is 18.6. The number of allylic oxidation sites excluding steroid dienone is 1. The van der Waals surface area contributed by atoms with Crippen LogP contribution in [0.25, 0.3) is 0 Å². The van der Waals surface area contributed by atoms with Gasteiger partial charge in [0.1, 0.15) is 28.9 Å². The average molecular weight is 458 g/mol. The number of para-hydroxylation sites is 2. The van der Waals surface area contributed by atoms with Gasteiger partial charge in [0.2, 0.25) is 5.88 Å². The van der Waals surface area contributed by atoms with Crippen molar-refractivity contribution in [2.24, 2.45) is 5.73 Å². The summed E-state index contributed by atoms with van der Waals surface area (Å²) >= 11 is 0. The summed E-state index contributed by atoms with van der Waals surface area (Å²) in [5.74, 6) is 0.998. The molecular weight excluding hydrogens is 436 g/mol. The summed E-state index contributed by atoms with van der Waals surface area (Å²) in [6.45, 7) is -0.258. The number of carbonyl (C=O) groups excluding carboxylic acids is 1. The van der Waals surface area contributed by atoms with Crippen molar-refractivity contribution in [2.75, 3.05) is 20.8 Å². The third-order valence-corrected chi connectivity index (χ3v) is 5.27. The first-order valence-corrected chi connectivity index (χ1v) is 10.4. The highest BCUT2D eigenvalue weighted by Crippen LogP contribution is 2.47. The zero-order valence-electron chi connectivity index (χ0n) is 18.6. The molecular formula is C26H22N2O6. The van der Waals surface area contributed by atoms with Gasteiger partial charge in [0.05, 0.1) is 20.1 Å². The van der Waals surface area contributed by atoms with Gasteiger partial charge in [-0.2, -0.15) is 5.26 Å². The van der Waals surface area contributed by atoms with Crippen LogP contribution in [0.5, 0.6) is 28.7 Å². The van der Waals surface area contributed by atoms with E-state index in [0.29, 0.717) is 34.1 Å². The maximum atomic E-state index is 12.3. The summed E-state index contributed by atoms with van der Waals surface area (Å²) in [7, 11) is 3.07. The molecule has 1 aliphatic heterocycles. The third kappa shape index (κ3) is 4.45. The molecule has 3 aromatic rings. The number of hydrogen-bond acceptors (Lipinski definition) is 8. The van der Waals surface area contributed by atoms with Crippen LogP contribution in [-0.2, 0) is 4.79 Å². The maximum Gasteiger partial charge on any atom is 0.349 e. The van der Waals surface area contributed by atoms with Crippen LogP contribution in [-0.4, -0.2) is 26.8 Å². The summed E-state index contributed by atoms with van der Waals surface area (Å²) in [6, 6.07) is 21.4. The third-order valence-electron chi connectivity index (χ3n) is 5.27. The monoisotopic (exact) mass is 458 g/mol. The van der Waals surface area contributed by atoms with E-state index in [1.54, 1.807) is 42.5 Å². The number of benzene rings is 3.